The average molecular weight is 407 g/mol. The Kier molecular flexibility index (Phi) is 3.79. The van der Waals surface area contributed by atoms with Gasteiger partial charge in [0.15, 0.2) is 0 Å². The summed E-state index contributed by atoms with van der Waals surface area (Å²) in [5.41, 5.74) is 0. The number of amides is 4. The lowest BCUT2D eigenvalue weighted by atomic mass is 9.85. The van der Waals surface area contributed by atoms with Crippen LogP contribution in [0.25, 0.3) is 0 Å². The number of imide groups is 2. The molecule has 0 aromatic heterocycles. The Bertz CT molecular complexity index is 809. The molecule has 0 spiro atoms. The molecule has 2 saturated heterocycles. The maximum absolute atomic E-state index is 13.0. The summed E-state index contributed by atoms with van der Waals surface area (Å²) in [6.45, 7) is 4.34. The monoisotopic (exact) mass is 407 g/mol. The number of allylic oxidation sites excluding steroid dienone is 4. The highest BCUT2D eigenvalue weighted by Gasteiger charge is 2.61. The van der Waals surface area contributed by atoms with Crippen LogP contribution >= 0.6 is 0 Å². The number of hydrogen-bond acceptors (Lipinski definition) is 5. The summed E-state index contributed by atoms with van der Waals surface area (Å²) in [6, 6.07) is 0. The summed E-state index contributed by atoms with van der Waals surface area (Å²) in [4.78, 5) is 56.5. The molecule has 0 aromatic carbocycles. The van der Waals surface area contributed by atoms with Gasteiger partial charge >= 0.3 is 0 Å². The number of nitrogens with zero attached hydrogens (tertiary/aromatic N) is 3. The van der Waals surface area contributed by atoms with Crippen molar-refractivity contribution in [1.29, 1.82) is 0 Å². The van der Waals surface area contributed by atoms with Crippen LogP contribution in [0.2, 0.25) is 0 Å². The summed E-state index contributed by atoms with van der Waals surface area (Å²) in [6.07, 6.45) is 11.8. The number of carbonyl (C=O) groups is 4. The molecule has 0 aromatic rings. The molecule has 30 heavy (non-hydrogen) atoms. The summed E-state index contributed by atoms with van der Waals surface area (Å²) >= 11 is 0. The SMILES string of the molecule is C=CCN(CN1C(=O)[C@@H]2[C@H](C1=O)[C@H]1C=C[C@H]2C1)CN1C(=O)[C@@H]2[C@H](C1=O)[C@H]1C=C[C@H]2C1. The van der Waals surface area contributed by atoms with Gasteiger partial charge in [0.25, 0.3) is 0 Å². The Morgan fingerprint density at radius 2 is 1.07 bits per heavy atom. The minimum Gasteiger partial charge on any atom is -0.274 e. The zero-order valence-corrected chi connectivity index (χ0v) is 16.7. The third-order valence-corrected chi connectivity index (χ3v) is 8.19. The molecular formula is C23H25N3O4. The largest absolute Gasteiger partial charge is 0.274 e. The lowest BCUT2D eigenvalue weighted by Crippen LogP contribution is -2.49. The molecule has 6 aliphatic rings. The fourth-order valence-electron chi connectivity index (χ4n) is 6.95. The molecule has 4 aliphatic carbocycles. The van der Waals surface area contributed by atoms with E-state index >= 15 is 0 Å². The van der Waals surface area contributed by atoms with Gasteiger partial charge in [-0.3, -0.25) is 33.9 Å². The Morgan fingerprint density at radius 3 is 1.37 bits per heavy atom. The van der Waals surface area contributed by atoms with Crippen molar-refractivity contribution in [2.75, 3.05) is 19.9 Å². The van der Waals surface area contributed by atoms with E-state index in [4.69, 9.17) is 0 Å². The third kappa shape index (κ3) is 2.24. The number of fused-ring (bicyclic) bond motifs is 10. The maximum Gasteiger partial charge on any atom is 0.234 e. The van der Waals surface area contributed by atoms with Gasteiger partial charge in [0.2, 0.25) is 23.6 Å². The first-order valence-electron chi connectivity index (χ1n) is 10.9. The van der Waals surface area contributed by atoms with E-state index in [1.165, 1.54) is 9.80 Å². The van der Waals surface area contributed by atoms with Crippen molar-refractivity contribution in [2.45, 2.75) is 12.8 Å². The fraction of sp³-hybridized carbons (Fsp3) is 0.565. The van der Waals surface area contributed by atoms with Crippen LogP contribution in [0.3, 0.4) is 0 Å². The van der Waals surface area contributed by atoms with E-state index < -0.39 is 0 Å². The van der Waals surface area contributed by atoms with Gasteiger partial charge in [-0.15, -0.1) is 6.58 Å². The van der Waals surface area contributed by atoms with Crippen molar-refractivity contribution in [3.05, 3.63) is 37.0 Å². The van der Waals surface area contributed by atoms with E-state index in [0.29, 0.717) is 6.54 Å². The third-order valence-electron chi connectivity index (χ3n) is 8.19. The second kappa shape index (κ2) is 6.23. The van der Waals surface area contributed by atoms with E-state index in [1.54, 1.807) is 11.0 Å². The van der Waals surface area contributed by atoms with Gasteiger partial charge in [0, 0.05) is 6.54 Å². The molecule has 156 valence electrons. The van der Waals surface area contributed by atoms with Crippen LogP contribution in [-0.2, 0) is 19.2 Å². The van der Waals surface area contributed by atoms with Gasteiger partial charge in [0.1, 0.15) is 0 Å². The van der Waals surface area contributed by atoms with Crippen LogP contribution in [0.15, 0.2) is 37.0 Å². The molecule has 2 saturated carbocycles. The Balaban J connectivity index is 1.19. The topological polar surface area (TPSA) is 78.0 Å². The minimum atomic E-state index is -0.241. The normalized spacial score (nSPS) is 42.4. The number of hydrogen-bond donors (Lipinski definition) is 0. The molecular weight excluding hydrogens is 382 g/mol. The van der Waals surface area contributed by atoms with Crippen LogP contribution in [0.4, 0.5) is 0 Å². The summed E-state index contributed by atoms with van der Waals surface area (Å²) in [7, 11) is 0. The summed E-state index contributed by atoms with van der Waals surface area (Å²) in [5.74, 6) is -0.772. The predicted molar refractivity (Wildman–Crippen MR) is 106 cm³/mol. The maximum atomic E-state index is 13.0. The average Bonchev–Trinajstić information content (AvgIpc) is 3.55. The Hall–Kier alpha value is -2.54. The van der Waals surface area contributed by atoms with Crippen molar-refractivity contribution in [2.24, 2.45) is 47.3 Å². The lowest BCUT2D eigenvalue weighted by molar-refractivity contribution is -0.146. The molecule has 0 N–H and O–H groups in total. The molecule has 7 nitrogen and oxygen atoms in total. The van der Waals surface area contributed by atoms with Crippen LogP contribution in [-0.4, -0.2) is 58.2 Å². The van der Waals surface area contributed by atoms with E-state index in [-0.39, 0.29) is 84.3 Å². The van der Waals surface area contributed by atoms with Crippen LogP contribution in [0.1, 0.15) is 12.8 Å². The van der Waals surface area contributed by atoms with Gasteiger partial charge in [-0.2, -0.15) is 0 Å². The smallest absolute Gasteiger partial charge is 0.234 e. The van der Waals surface area contributed by atoms with Crippen LogP contribution < -0.4 is 0 Å². The lowest BCUT2D eigenvalue weighted by Gasteiger charge is -2.30. The van der Waals surface area contributed by atoms with Crippen LogP contribution in [0.5, 0.6) is 0 Å². The first-order chi connectivity index (χ1) is 14.5. The zero-order valence-electron chi connectivity index (χ0n) is 16.7. The van der Waals surface area contributed by atoms with Crippen molar-refractivity contribution >= 4 is 23.6 Å². The Labute approximate surface area is 175 Å². The van der Waals surface area contributed by atoms with Gasteiger partial charge in [-0.1, -0.05) is 30.4 Å². The summed E-state index contributed by atoms with van der Waals surface area (Å²) in [5, 5.41) is 0. The molecule has 2 aliphatic heterocycles. The van der Waals surface area contributed by atoms with E-state index in [0.717, 1.165) is 12.8 Å². The quantitative estimate of drug-likeness (QED) is 0.485. The predicted octanol–water partition coefficient (Wildman–Crippen LogP) is 1.00. The number of carbonyl (C=O) groups excluding carboxylic acids is 4. The Morgan fingerprint density at radius 1 is 0.733 bits per heavy atom. The first kappa shape index (κ1) is 18.2. The van der Waals surface area contributed by atoms with Gasteiger partial charge in [-0.05, 0) is 36.5 Å². The second-order valence-corrected chi connectivity index (χ2v) is 9.63. The number of likely N-dealkylation sites (tertiary alicyclic amines) is 2. The fourth-order valence-corrected chi connectivity index (χ4v) is 6.95. The molecule has 4 amide bonds. The standard InChI is InChI=1S/C23H25N3O4/c1-2-7-24(10-25-20(27)16-12-3-4-13(8-12)17(16)21(25)28)11-26-22(29)18-14-5-6-15(9-14)19(18)23(26)30/h2-6,12-19H,1,7-11H2/t12-,13-,14-,15-,16-,17+,18-,19+/m0/s1. The zero-order chi connectivity index (χ0) is 20.7. The molecule has 4 bridgehead atoms. The number of rotatable bonds is 6. The molecule has 7 heteroatoms. The van der Waals surface area contributed by atoms with Crippen molar-refractivity contribution in [3.8, 4) is 0 Å². The first-order valence-corrected chi connectivity index (χ1v) is 10.9. The van der Waals surface area contributed by atoms with Crippen molar-refractivity contribution < 1.29 is 19.2 Å². The van der Waals surface area contributed by atoms with E-state index in [1.807, 2.05) is 0 Å². The molecule has 8 atom stereocenters. The highest BCUT2D eigenvalue weighted by molar-refractivity contribution is 6.07. The molecule has 0 unspecified atom stereocenters. The highest BCUT2D eigenvalue weighted by Crippen LogP contribution is 2.53. The van der Waals surface area contributed by atoms with E-state index in [9.17, 15) is 19.2 Å². The van der Waals surface area contributed by atoms with Gasteiger partial charge in [0.05, 0.1) is 37.0 Å². The molecule has 4 fully saturated rings. The molecule has 2 heterocycles. The van der Waals surface area contributed by atoms with Crippen LogP contribution in [0, 0.1) is 47.3 Å². The van der Waals surface area contributed by atoms with E-state index in [2.05, 4.69) is 30.9 Å². The minimum absolute atomic E-state index is 0.0909. The van der Waals surface area contributed by atoms with Gasteiger partial charge in [-0.25, -0.2) is 0 Å². The second-order valence-electron chi connectivity index (χ2n) is 9.63. The molecule has 0 radical (unpaired) electrons. The molecule has 6 rings (SSSR count). The van der Waals surface area contributed by atoms with Gasteiger partial charge < -0.3 is 0 Å². The van der Waals surface area contributed by atoms with Crippen molar-refractivity contribution in [1.82, 2.24) is 14.7 Å². The van der Waals surface area contributed by atoms with Crippen molar-refractivity contribution in [3.63, 3.8) is 0 Å². The summed E-state index contributed by atoms with van der Waals surface area (Å²) < 4.78 is 0. The highest BCUT2D eigenvalue weighted by atomic mass is 16.2.